The van der Waals surface area contributed by atoms with Gasteiger partial charge in [-0.2, -0.15) is 0 Å². The summed E-state index contributed by atoms with van der Waals surface area (Å²) in [5, 5.41) is 0. The Morgan fingerprint density at radius 3 is 2.44 bits per heavy atom. The molecule has 1 amide bonds. The minimum Gasteiger partial charge on any atom is -0.484 e. The van der Waals surface area contributed by atoms with Crippen LogP contribution in [0.15, 0.2) is 72.9 Å². The van der Waals surface area contributed by atoms with Gasteiger partial charge in [-0.25, -0.2) is 4.98 Å². The predicted molar refractivity (Wildman–Crippen MR) is 108 cm³/mol. The molecule has 3 aromatic rings. The number of benzene rings is 2. The molecule has 1 aromatic heterocycles. The molecule has 0 aliphatic rings. The third-order valence-corrected chi connectivity index (χ3v) is 4.35. The predicted octanol–water partition coefficient (Wildman–Crippen LogP) is 4.56. The van der Waals surface area contributed by atoms with Crippen LogP contribution in [-0.4, -0.2) is 17.5 Å². The van der Waals surface area contributed by atoms with Crippen LogP contribution in [0.3, 0.4) is 0 Å². The highest BCUT2D eigenvalue weighted by Gasteiger charge is 2.18. The van der Waals surface area contributed by atoms with Gasteiger partial charge in [0, 0.05) is 6.20 Å². The molecule has 0 saturated heterocycles. The molecule has 0 spiro atoms. The van der Waals surface area contributed by atoms with Crippen LogP contribution >= 0.6 is 0 Å². The Hall–Kier alpha value is -3.14. The highest BCUT2D eigenvalue weighted by atomic mass is 16.5. The van der Waals surface area contributed by atoms with Crippen LogP contribution in [0.4, 0.5) is 5.82 Å². The van der Waals surface area contributed by atoms with Gasteiger partial charge in [0.25, 0.3) is 5.91 Å². The van der Waals surface area contributed by atoms with E-state index >= 15 is 0 Å². The van der Waals surface area contributed by atoms with Crippen LogP contribution < -0.4 is 9.64 Å². The lowest BCUT2D eigenvalue weighted by Crippen LogP contribution is -2.35. The van der Waals surface area contributed by atoms with Crippen LogP contribution in [0.25, 0.3) is 0 Å². The molecule has 0 aliphatic carbocycles. The van der Waals surface area contributed by atoms with Crippen molar-refractivity contribution in [2.45, 2.75) is 26.8 Å². The van der Waals surface area contributed by atoms with Crippen molar-refractivity contribution in [3.63, 3.8) is 0 Å². The molecule has 3 rings (SSSR count). The first-order chi connectivity index (χ1) is 13.2. The molecule has 138 valence electrons. The molecular weight excluding hydrogens is 336 g/mol. The second-order valence-corrected chi connectivity index (χ2v) is 6.44. The number of hydrogen-bond acceptors (Lipinski definition) is 3. The van der Waals surface area contributed by atoms with Crippen molar-refractivity contribution in [2.75, 3.05) is 11.5 Å². The van der Waals surface area contributed by atoms with Crippen LogP contribution in [-0.2, 0) is 17.8 Å². The van der Waals surface area contributed by atoms with E-state index in [9.17, 15) is 4.79 Å². The van der Waals surface area contributed by atoms with E-state index in [2.05, 4.69) is 36.2 Å². The zero-order valence-electron chi connectivity index (χ0n) is 15.8. The standard InChI is InChI=1S/C23H24N2O2/c1-3-19-10-12-20(13-11-19)16-25(22-9-4-5-14-24-22)23(26)17-27-21-8-6-7-18(2)15-21/h4-15H,3,16-17H2,1-2H3. The maximum Gasteiger partial charge on any atom is 0.266 e. The van der Waals surface area contributed by atoms with E-state index < -0.39 is 0 Å². The molecule has 0 atom stereocenters. The van der Waals surface area contributed by atoms with Crippen molar-refractivity contribution in [2.24, 2.45) is 0 Å². The molecule has 0 bridgehead atoms. The molecule has 0 unspecified atom stereocenters. The number of hydrogen-bond donors (Lipinski definition) is 0. The number of carbonyl (C=O) groups excluding carboxylic acids is 1. The fraction of sp³-hybridized carbons (Fsp3) is 0.217. The highest BCUT2D eigenvalue weighted by molar-refractivity contribution is 5.93. The molecule has 4 heteroatoms. The second kappa shape index (κ2) is 8.99. The topological polar surface area (TPSA) is 42.4 Å². The maximum atomic E-state index is 12.9. The Bertz CT molecular complexity index is 876. The van der Waals surface area contributed by atoms with Crippen molar-refractivity contribution in [3.8, 4) is 5.75 Å². The molecule has 0 radical (unpaired) electrons. The lowest BCUT2D eigenvalue weighted by molar-refractivity contribution is -0.120. The molecule has 27 heavy (non-hydrogen) atoms. The van der Waals surface area contributed by atoms with Crippen molar-refractivity contribution in [1.29, 1.82) is 0 Å². The summed E-state index contributed by atoms with van der Waals surface area (Å²) in [6.45, 7) is 4.54. The van der Waals surface area contributed by atoms with Gasteiger partial charge in [0.15, 0.2) is 6.61 Å². The van der Waals surface area contributed by atoms with E-state index in [-0.39, 0.29) is 12.5 Å². The molecular formula is C23H24N2O2. The fourth-order valence-corrected chi connectivity index (χ4v) is 2.80. The minimum absolute atomic E-state index is 0.0347. The van der Waals surface area contributed by atoms with E-state index in [0.717, 1.165) is 17.5 Å². The molecule has 0 saturated carbocycles. The van der Waals surface area contributed by atoms with Gasteiger partial charge in [-0.05, 0) is 54.3 Å². The quantitative estimate of drug-likeness (QED) is 0.620. The van der Waals surface area contributed by atoms with E-state index in [1.807, 2.05) is 49.4 Å². The molecule has 0 fully saturated rings. The van der Waals surface area contributed by atoms with Crippen molar-refractivity contribution < 1.29 is 9.53 Å². The number of pyridine rings is 1. The number of aryl methyl sites for hydroxylation is 2. The number of carbonyl (C=O) groups is 1. The lowest BCUT2D eigenvalue weighted by atomic mass is 10.1. The van der Waals surface area contributed by atoms with Gasteiger partial charge in [0.1, 0.15) is 11.6 Å². The third-order valence-electron chi connectivity index (χ3n) is 4.35. The summed E-state index contributed by atoms with van der Waals surface area (Å²) in [6, 6.07) is 21.6. The average Bonchev–Trinajstić information content (AvgIpc) is 2.71. The summed E-state index contributed by atoms with van der Waals surface area (Å²) >= 11 is 0. The Balaban J connectivity index is 1.75. The molecule has 1 heterocycles. The smallest absolute Gasteiger partial charge is 0.266 e. The number of nitrogens with zero attached hydrogens (tertiary/aromatic N) is 2. The largest absolute Gasteiger partial charge is 0.484 e. The third kappa shape index (κ3) is 5.17. The normalized spacial score (nSPS) is 10.4. The van der Waals surface area contributed by atoms with Crippen molar-refractivity contribution in [3.05, 3.63) is 89.6 Å². The summed E-state index contributed by atoms with van der Waals surface area (Å²) < 4.78 is 5.71. The van der Waals surface area contributed by atoms with Crippen molar-refractivity contribution >= 4 is 11.7 Å². The minimum atomic E-state index is -0.130. The summed E-state index contributed by atoms with van der Waals surface area (Å²) in [5.74, 6) is 1.18. The average molecular weight is 360 g/mol. The maximum absolute atomic E-state index is 12.9. The van der Waals surface area contributed by atoms with Crippen molar-refractivity contribution in [1.82, 2.24) is 4.98 Å². The van der Waals surface area contributed by atoms with Crippen LogP contribution in [0.1, 0.15) is 23.6 Å². The van der Waals surface area contributed by atoms with Gasteiger partial charge >= 0.3 is 0 Å². The molecule has 0 aliphatic heterocycles. The molecule has 2 aromatic carbocycles. The fourth-order valence-electron chi connectivity index (χ4n) is 2.80. The Morgan fingerprint density at radius 1 is 1.00 bits per heavy atom. The van der Waals surface area contributed by atoms with Gasteiger partial charge < -0.3 is 4.74 Å². The van der Waals surface area contributed by atoms with Gasteiger partial charge in [0.05, 0.1) is 6.54 Å². The number of amides is 1. The zero-order valence-corrected chi connectivity index (χ0v) is 15.8. The Morgan fingerprint density at radius 2 is 1.78 bits per heavy atom. The lowest BCUT2D eigenvalue weighted by Gasteiger charge is -2.22. The van der Waals surface area contributed by atoms with E-state index in [4.69, 9.17) is 4.74 Å². The first-order valence-corrected chi connectivity index (χ1v) is 9.14. The van der Waals surface area contributed by atoms with Gasteiger partial charge in [0.2, 0.25) is 0 Å². The van der Waals surface area contributed by atoms with E-state index in [1.165, 1.54) is 5.56 Å². The highest BCUT2D eigenvalue weighted by Crippen LogP contribution is 2.17. The summed E-state index contributed by atoms with van der Waals surface area (Å²) in [7, 11) is 0. The number of anilines is 1. The van der Waals surface area contributed by atoms with Gasteiger partial charge in [-0.1, -0.05) is 49.4 Å². The van der Waals surface area contributed by atoms with Crippen LogP contribution in [0, 0.1) is 6.92 Å². The Kier molecular flexibility index (Phi) is 6.21. The Labute approximate surface area is 160 Å². The summed E-state index contributed by atoms with van der Waals surface area (Å²) in [5.41, 5.74) is 3.43. The summed E-state index contributed by atoms with van der Waals surface area (Å²) in [6.07, 6.45) is 2.69. The molecule has 0 N–H and O–H groups in total. The number of aromatic nitrogens is 1. The first-order valence-electron chi connectivity index (χ1n) is 9.14. The van der Waals surface area contributed by atoms with Gasteiger partial charge in [-0.15, -0.1) is 0 Å². The number of rotatable bonds is 7. The molecule has 4 nitrogen and oxygen atoms in total. The number of ether oxygens (including phenoxy) is 1. The summed E-state index contributed by atoms with van der Waals surface area (Å²) in [4.78, 5) is 18.9. The van der Waals surface area contributed by atoms with Gasteiger partial charge in [-0.3, -0.25) is 9.69 Å². The van der Waals surface area contributed by atoms with Crippen LogP contribution in [0.2, 0.25) is 0 Å². The monoisotopic (exact) mass is 360 g/mol. The van der Waals surface area contributed by atoms with Crippen LogP contribution in [0.5, 0.6) is 5.75 Å². The second-order valence-electron chi connectivity index (χ2n) is 6.44. The first kappa shape index (κ1) is 18.6. The van der Waals surface area contributed by atoms with E-state index in [0.29, 0.717) is 18.1 Å². The SMILES string of the molecule is CCc1ccc(CN(C(=O)COc2cccc(C)c2)c2ccccn2)cc1. The zero-order chi connectivity index (χ0) is 19.1. The van der Waals surface area contributed by atoms with E-state index in [1.54, 1.807) is 11.1 Å².